The molecule has 0 bridgehead atoms. The Morgan fingerprint density at radius 3 is 2.14 bits per heavy atom. The third-order valence-electron chi connectivity index (χ3n) is 3.91. The molecule has 2 aromatic rings. The van der Waals surface area contributed by atoms with E-state index in [1.54, 1.807) is 62.8 Å². The highest BCUT2D eigenvalue weighted by molar-refractivity contribution is 5.87. The first-order valence-corrected chi connectivity index (χ1v) is 8.73. The number of carbonyl (C=O) groups is 1. The van der Waals surface area contributed by atoms with Crippen molar-refractivity contribution in [2.24, 2.45) is 0 Å². The SMILES string of the molecule is C=C(/C=C/c1ccc(F)c(OC)c1)COC(=O)/C=C/c1ccc(OC)c(OC)c1. The van der Waals surface area contributed by atoms with Crippen molar-refractivity contribution < 1.29 is 28.1 Å². The van der Waals surface area contributed by atoms with E-state index in [2.05, 4.69) is 6.58 Å². The Bertz CT molecular complexity index is 931. The number of benzene rings is 2. The van der Waals surface area contributed by atoms with Crippen LogP contribution in [-0.2, 0) is 9.53 Å². The molecule has 0 radical (unpaired) electrons. The molecule has 0 N–H and O–H groups in total. The minimum atomic E-state index is -0.502. The second kappa shape index (κ2) is 10.7. The van der Waals surface area contributed by atoms with E-state index in [1.807, 2.05) is 0 Å². The minimum Gasteiger partial charge on any atom is -0.494 e. The number of ether oxygens (including phenoxy) is 4. The van der Waals surface area contributed by atoms with Crippen molar-refractivity contribution in [3.05, 3.63) is 77.6 Å². The van der Waals surface area contributed by atoms with E-state index in [0.29, 0.717) is 17.1 Å². The lowest BCUT2D eigenvalue weighted by atomic mass is 10.1. The quantitative estimate of drug-likeness (QED) is 0.349. The number of carbonyl (C=O) groups excluding carboxylic acids is 1. The van der Waals surface area contributed by atoms with E-state index < -0.39 is 11.8 Å². The van der Waals surface area contributed by atoms with Gasteiger partial charge >= 0.3 is 5.97 Å². The third-order valence-corrected chi connectivity index (χ3v) is 3.91. The molecule has 0 spiro atoms. The summed E-state index contributed by atoms with van der Waals surface area (Å²) in [7, 11) is 4.50. The van der Waals surface area contributed by atoms with Gasteiger partial charge in [-0.2, -0.15) is 0 Å². The molecule has 2 rings (SSSR count). The van der Waals surface area contributed by atoms with Crippen molar-refractivity contribution in [2.75, 3.05) is 27.9 Å². The standard InChI is InChI=1S/C23H23FO5/c1-16(5-6-17-7-10-19(24)21(13-17)27-3)15-29-23(25)12-9-18-8-11-20(26-2)22(14-18)28-4/h5-14H,1,15H2,2-4H3/b6-5+,12-9+. The van der Waals surface area contributed by atoms with Crippen LogP contribution in [0.5, 0.6) is 17.2 Å². The Labute approximate surface area is 169 Å². The van der Waals surface area contributed by atoms with Gasteiger partial charge in [-0.3, -0.25) is 0 Å². The highest BCUT2D eigenvalue weighted by Crippen LogP contribution is 2.28. The number of methoxy groups -OCH3 is 3. The number of esters is 1. The summed E-state index contributed by atoms with van der Waals surface area (Å²) in [6.45, 7) is 3.87. The zero-order valence-electron chi connectivity index (χ0n) is 16.6. The molecule has 6 heteroatoms. The lowest BCUT2D eigenvalue weighted by molar-refractivity contribution is -0.136. The van der Waals surface area contributed by atoms with Gasteiger partial charge in [0.2, 0.25) is 0 Å². The molecule has 0 fully saturated rings. The van der Waals surface area contributed by atoms with E-state index in [0.717, 1.165) is 11.1 Å². The summed E-state index contributed by atoms with van der Waals surface area (Å²) in [6, 6.07) is 9.79. The van der Waals surface area contributed by atoms with Crippen LogP contribution in [0.1, 0.15) is 11.1 Å². The second-order valence-corrected chi connectivity index (χ2v) is 5.94. The maximum Gasteiger partial charge on any atom is 0.331 e. The van der Waals surface area contributed by atoms with Crippen molar-refractivity contribution in [1.29, 1.82) is 0 Å². The molecule has 5 nitrogen and oxygen atoms in total. The molecule has 0 aliphatic rings. The average molecular weight is 398 g/mol. The van der Waals surface area contributed by atoms with Gasteiger partial charge in [-0.25, -0.2) is 9.18 Å². The van der Waals surface area contributed by atoms with Crippen LogP contribution in [0.25, 0.3) is 12.2 Å². The van der Waals surface area contributed by atoms with Gasteiger partial charge in [-0.15, -0.1) is 0 Å². The first-order valence-electron chi connectivity index (χ1n) is 8.73. The second-order valence-electron chi connectivity index (χ2n) is 5.94. The summed E-state index contributed by atoms with van der Waals surface area (Å²) in [6.07, 6.45) is 6.37. The zero-order chi connectivity index (χ0) is 21.2. The van der Waals surface area contributed by atoms with Crippen LogP contribution in [0.3, 0.4) is 0 Å². The maximum absolute atomic E-state index is 13.4. The number of hydrogen-bond donors (Lipinski definition) is 0. The lowest BCUT2D eigenvalue weighted by Crippen LogP contribution is -2.03. The largest absolute Gasteiger partial charge is 0.494 e. The Hall–Kier alpha value is -3.54. The van der Waals surface area contributed by atoms with Crippen LogP contribution >= 0.6 is 0 Å². The topological polar surface area (TPSA) is 54.0 Å². The van der Waals surface area contributed by atoms with Gasteiger partial charge in [0.15, 0.2) is 23.1 Å². The summed E-state index contributed by atoms with van der Waals surface area (Å²) in [5.41, 5.74) is 2.09. The molecular formula is C23H23FO5. The molecule has 2 aromatic carbocycles. The predicted molar refractivity (Wildman–Crippen MR) is 111 cm³/mol. The Morgan fingerprint density at radius 1 is 0.897 bits per heavy atom. The molecule has 0 aromatic heterocycles. The lowest BCUT2D eigenvalue weighted by Gasteiger charge is -2.07. The zero-order valence-corrected chi connectivity index (χ0v) is 16.6. The van der Waals surface area contributed by atoms with E-state index in [4.69, 9.17) is 18.9 Å². The molecule has 0 aliphatic heterocycles. The Morgan fingerprint density at radius 2 is 1.48 bits per heavy atom. The molecule has 29 heavy (non-hydrogen) atoms. The van der Waals surface area contributed by atoms with Crippen LogP contribution < -0.4 is 14.2 Å². The Kier molecular flexibility index (Phi) is 8.03. The Balaban J connectivity index is 1.88. The first kappa shape index (κ1) is 21.8. The van der Waals surface area contributed by atoms with Crippen molar-refractivity contribution in [2.45, 2.75) is 0 Å². The van der Waals surface area contributed by atoms with Gasteiger partial charge < -0.3 is 18.9 Å². The molecule has 0 unspecified atom stereocenters. The summed E-state index contributed by atoms with van der Waals surface area (Å²) in [5.74, 6) is 0.397. The summed E-state index contributed by atoms with van der Waals surface area (Å²) in [4.78, 5) is 11.9. The molecule has 0 heterocycles. The fourth-order valence-electron chi connectivity index (χ4n) is 2.37. The molecule has 0 saturated heterocycles. The van der Waals surface area contributed by atoms with Gasteiger partial charge in [-0.1, -0.05) is 30.9 Å². The van der Waals surface area contributed by atoms with Crippen molar-refractivity contribution in [3.8, 4) is 17.2 Å². The van der Waals surface area contributed by atoms with Crippen LogP contribution in [-0.4, -0.2) is 33.9 Å². The van der Waals surface area contributed by atoms with Gasteiger partial charge in [0.25, 0.3) is 0 Å². The van der Waals surface area contributed by atoms with Crippen molar-refractivity contribution >= 4 is 18.1 Å². The summed E-state index contributed by atoms with van der Waals surface area (Å²) < 4.78 is 33.9. The van der Waals surface area contributed by atoms with E-state index in [9.17, 15) is 9.18 Å². The van der Waals surface area contributed by atoms with E-state index in [1.165, 1.54) is 19.3 Å². The first-order chi connectivity index (χ1) is 14.0. The van der Waals surface area contributed by atoms with Gasteiger partial charge in [-0.05, 0) is 47.0 Å². The van der Waals surface area contributed by atoms with Crippen molar-refractivity contribution in [1.82, 2.24) is 0 Å². The van der Waals surface area contributed by atoms with E-state index in [-0.39, 0.29) is 12.4 Å². The third kappa shape index (κ3) is 6.53. The number of hydrogen-bond acceptors (Lipinski definition) is 5. The minimum absolute atomic E-state index is 0.0317. The smallest absolute Gasteiger partial charge is 0.331 e. The molecular weight excluding hydrogens is 375 g/mol. The van der Waals surface area contributed by atoms with Crippen LogP contribution in [0.2, 0.25) is 0 Å². The molecule has 0 atom stereocenters. The summed E-state index contributed by atoms with van der Waals surface area (Å²) in [5, 5.41) is 0. The normalized spacial score (nSPS) is 10.9. The number of rotatable bonds is 9. The predicted octanol–water partition coefficient (Wildman–Crippen LogP) is 4.68. The van der Waals surface area contributed by atoms with Gasteiger partial charge in [0.1, 0.15) is 6.61 Å². The number of halogens is 1. The maximum atomic E-state index is 13.4. The van der Waals surface area contributed by atoms with Crippen molar-refractivity contribution in [3.63, 3.8) is 0 Å². The van der Waals surface area contributed by atoms with Crippen LogP contribution in [0.4, 0.5) is 4.39 Å². The highest BCUT2D eigenvalue weighted by Gasteiger charge is 2.04. The fourth-order valence-corrected chi connectivity index (χ4v) is 2.37. The van der Waals surface area contributed by atoms with Crippen LogP contribution in [0, 0.1) is 5.82 Å². The molecule has 0 amide bonds. The molecule has 0 saturated carbocycles. The summed E-state index contributed by atoms with van der Waals surface area (Å²) >= 11 is 0. The monoisotopic (exact) mass is 398 g/mol. The molecule has 0 aliphatic carbocycles. The van der Waals surface area contributed by atoms with Gasteiger partial charge in [0.05, 0.1) is 21.3 Å². The highest BCUT2D eigenvalue weighted by atomic mass is 19.1. The van der Waals surface area contributed by atoms with Gasteiger partial charge in [0, 0.05) is 6.08 Å². The van der Waals surface area contributed by atoms with E-state index >= 15 is 0 Å². The fraction of sp³-hybridized carbons (Fsp3) is 0.174. The van der Waals surface area contributed by atoms with Crippen LogP contribution in [0.15, 0.2) is 60.7 Å². The molecule has 152 valence electrons. The average Bonchev–Trinajstić information content (AvgIpc) is 2.75.